The van der Waals surface area contributed by atoms with Crippen molar-refractivity contribution in [3.8, 4) is 0 Å². The molecule has 19 heavy (non-hydrogen) atoms. The zero-order chi connectivity index (χ0) is 13.7. The van der Waals surface area contributed by atoms with Gasteiger partial charge in [0.25, 0.3) is 0 Å². The summed E-state index contributed by atoms with van der Waals surface area (Å²) >= 11 is 0. The van der Waals surface area contributed by atoms with Crippen molar-refractivity contribution in [2.45, 2.75) is 58.8 Å². The molecular weight excluding hydrogens is 230 g/mol. The highest BCUT2D eigenvalue weighted by Crippen LogP contribution is 2.38. The number of aryl methyl sites for hydroxylation is 2. The van der Waals surface area contributed by atoms with E-state index in [4.69, 9.17) is 0 Å². The van der Waals surface area contributed by atoms with Crippen molar-refractivity contribution < 1.29 is 0 Å². The number of benzene rings is 1. The van der Waals surface area contributed by atoms with Crippen LogP contribution >= 0.6 is 0 Å². The molecule has 0 radical (unpaired) electrons. The summed E-state index contributed by atoms with van der Waals surface area (Å²) in [5.74, 6) is 1.61. The predicted octanol–water partition coefficient (Wildman–Crippen LogP) is 4.58. The van der Waals surface area contributed by atoms with Gasteiger partial charge in [-0.1, -0.05) is 49.1 Å². The van der Waals surface area contributed by atoms with Crippen molar-refractivity contribution >= 4 is 0 Å². The van der Waals surface area contributed by atoms with E-state index in [1.807, 2.05) is 0 Å². The van der Waals surface area contributed by atoms with Gasteiger partial charge < -0.3 is 5.32 Å². The van der Waals surface area contributed by atoms with Crippen LogP contribution < -0.4 is 5.32 Å². The molecule has 1 aliphatic carbocycles. The van der Waals surface area contributed by atoms with Crippen LogP contribution in [0, 0.1) is 19.8 Å². The van der Waals surface area contributed by atoms with Crippen LogP contribution in [0.15, 0.2) is 18.2 Å². The zero-order valence-electron chi connectivity index (χ0n) is 12.8. The molecule has 1 aromatic rings. The van der Waals surface area contributed by atoms with Crippen LogP contribution in [0.5, 0.6) is 0 Å². The summed E-state index contributed by atoms with van der Waals surface area (Å²) < 4.78 is 0. The first-order chi connectivity index (χ1) is 9.20. The monoisotopic (exact) mass is 259 g/mol. The second-order valence-corrected chi connectivity index (χ2v) is 6.28. The fraction of sp³-hybridized carbons (Fsp3) is 0.667. The minimum atomic E-state index is 0.775. The lowest BCUT2D eigenvalue weighted by Crippen LogP contribution is -2.30. The highest BCUT2D eigenvalue weighted by atomic mass is 14.9. The van der Waals surface area contributed by atoms with E-state index < -0.39 is 0 Å². The van der Waals surface area contributed by atoms with Gasteiger partial charge in [0.1, 0.15) is 0 Å². The van der Waals surface area contributed by atoms with Crippen molar-refractivity contribution in [2.24, 2.45) is 5.92 Å². The number of rotatable bonds is 5. The molecule has 1 aromatic carbocycles. The highest BCUT2D eigenvalue weighted by Gasteiger charge is 2.26. The maximum atomic E-state index is 3.63. The molecule has 0 aromatic heterocycles. The number of hydrogen-bond donors (Lipinski definition) is 1. The van der Waals surface area contributed by atoms with Gasteiger partial charge in [0.2, 0.25) is 0 Å². The smallest absolute Gasteiger partial charge is 0.00147 e. The van der Waals surface area contributed by atoms with Crippen LogP contribution in [0.25, 0.3) is 0 Å². The van der Waals surface area contributed by atoms with Gasteiger partial charge in [0.15, 0.2) is 0 Å². The summed E-state index contributed by atoms with van der Waals surface area (Å²) in [6.45, 7) is 9.06. The minimum absolute atomic E-state index is 0.775. The lowest BCUT2D eigenvalue weighted by molar-refractivity contribution is 0.296. The van der Waals surface area contributed by atoms with Gasteiger partial charge >= 0.3 is 0 Å². The summed E-state index contributed by atoms with van der Waals surface area (Å²) in [6.07, 6.45) is 6.83. The molecular formula is C18H29N. The van der Waals surface area contributed by atoms with E-state index in [9.17, 15) is 0 Å². The van der Waals surface area contributed by atoms with Crippen LogP contribution in [0.1, 0.15) is 61.6 Å². The summed E-state index contributed by atoms with van der Waals surface area (Å²) in [5, 5.41) is 3.63. The second kappa shape index (κ2) is 7.09. The van der Waals surface area contributed by atoms with Gasteiger partial charge in [-0.15, -0.1) is 0 Å². The predicted molar refractivity (Wildman–Crippen MR) is 83.8 cm³/mol. The third-order valence-corrected chi connectivity index (χ3v) is 4.41. The number of nitrogens with one attached hydrogen (secondary N) is 1. The fourth-order valence-corrected chi connectivity index (χ4v) is 3.58. The molecule has 0 spiro atoms. The van der Waals surface area contributed by atoms with Gasteiger partial charge in [-0.2, -0.15) is 0 Å². The summed E-state index contributed by atoms with van der Waals surface area (Å²) in [7, 11) is 0. The molecule has 2 rings (SSSR count). The Kier molecular flexibility index (Phi) is 5.45. The Balaban J connectivity index is 2.09. The van der Waals surface area contributed by atoms with Crippen molar-refractivity contribution in [1.29, 1.82) is 0 Å². The van der Waals surface area contributed by atoms with Gasteiger partial charge in [-0.25, -0.2) is 0 Å². The molecule has 0 saturated heterocycles. The molecule has 0 amide bonds. The SMILES string of the molecule is CCCNCC1CCCCC1c1cc(C)cc(C)c1. The van der Waals surface area contributed by atoms with Crippen LogP contribution in [-0.4, -0.2) is 13.1 Å². The molecule has 0 bridgehead atoms. The fourth-order valence-electron chi connectivity index (χ4n) is 3.58. The van der Waals surface area contributed by atoms with E-state index in [-0.39, 0.29) is 0 Å². The summed E-state index contributed by atoms with van der Waals surface area (Å²) in [6, 6.07) is 7.11. The maximum Gasteiger partial charge on any atom is -0.00147 e. The second-order valence-electron chi connectivity index (χ2n) is 6.28. The Morgan fingerprint density at radius 2 is 1.74 bits per heavy atom. The molecule has 2 unspecified atom stereocenters. The van der Waals surface area contributed by atoms with Gasteiger partial charge in [-0.05, 0) is 63.6 Å². The van der Waals surface area contributed by atoms with Crippen LogP contribution in [0.4, 0.5) is 0 Å². The number of hydrogen-bond acceptors (Lipinski definition) is 1. The Morgan fingerprint density at radius 3 is 2.42 bits per heavy atom. The third-order valence-electron chi connectivity index (χ3n) is 4.41. The minimum Gasteiger partial charge on any atom is -0.316 e. The first-order valence-corrected chi connectivity index (χ1v) is 7.99. The molecule has 0 aliphatic heterocycles. The van der Waals surface area contributed by atoms with Gasteiger partial charge in [0, 0.05) is 0 Å². The van der Waals surface area contributed by atoms with Crippen molar-refractivity contribution in [2.75, 3.05) is 13.1 Å². The molecule has 1 N–H and O–H groups in total. The summed E-state index contributed by atoms with van der Waals surface area (Å²) in [5.41, 5.74) is 4.42. The van der Waals surface area contributed by atoms with Crippen molar-refractivity contribution in [1.82, 2.24) is 5.32 Å². The molecule has 1 aliphatic rings. The Bertz CT molecular complexity index is 376. The topological polar surface area (TPSA) is 12.0 Å². The standard InChI is InChI=1S/C18H29N/c1-4-9-19-13-16-7-5-6-8-18(16)17-11-14(2)10-15(3)12-17/h10-12,16,18-19H,4-9,13H2,1-3H3. The average molecular weight is 259 g/mol. The molecule has 106 valence electrons. The van der Waals surface area contributed by atoms with E-state index in [1.165, 1.54) is 49.8 Å². The molecule has 1 heteroatoms. The molecule has 1 saturated carbocycles. The first-order valence-electron chi connectivity index (χ1n) is 7.99. The molecule has 2 atom stereocenters. The van der Waals surface area contributed by atoms with Crippen molar-refractivity contribution in [3.05, 3.63) is 34.9 Å². The Morgan fingerprint density at radius 1 is 1.05 bits per heavy atom. The van der Waals surface area contributed by atoms with E-state index >= 15 is 0 Å². The highest BCUT2D eigenvalue weighted by molar-refractivity contribution is 5.31. The van der Waals surface area contributed by atoms with Crippen LogP contribution in [0.3, 0.4) is 0 Å². The molecule has 1 fully saturated rings. The van der Waals surface area contributed by atoms with E-state index in [0.717, 1.165) is 18.4 Å². The third kappa shape index (κ3) is 4.07. The van der Waals surface area contributed by atoms with E-state index in [2.05, 4.69) is 44.3 Å². The zero-order valence-corrected chi connectivity index (χ0v) is 12.8. The first kappa shape index (κ1) is 14.6. The van der Waals surface area contributed by atoms with Crippen LogP contribution in [0.2, 0.25) is 0 Å². The largest absolute Gasteiger partial charge is 0.316 e. The summed E-state index contributed by atoms with van der Waals surface area (Å²) in [4.78, 5) is 0. The lowest BCUT2D eigenvalue weighted by Gasteiger charge is -2.32. The molecule has 0 heterocycles. The lowest BCUT2D eigenvalue weighted by atomic mass is 9.75. The Labute approximate surface area is 118 Å². The van der Waals surface area contributed by atoms with Gasteiger partial charge in [0.05, 0.1) is 0 Å². The van der Waals surface area contributed by atoms with Crippen LogP contribution in [-0.2, 0) is 0 Å². The van der Waals surface area contributed by atoms with Crippen molar-refractivity contribution in [3.63, 3.8) is 0 Å². The van der Waals surface area contributed by atoms with Gasteiger partial charge in [-0.3, -0.25) is 0 Å². The average Bonchev–Trinajstić information content (AvgIpc) is 2.38. The van der Waals surface area contributed by atoms with E-state index in [1.54, 1.807) is 5.56 Å². The normalized spacial score (nSPS) is 23.5. The molecule has 1 nitrogen and oxygen atoms in total. The van der Waals surface area contributed by atoms with E-state index in [0.29, 0.717) is 0 Å². The Hall–Kier alpha value is -0.820. The quantitative estimate of drug-likeness (QED) is 0.763. The maximum absolute atomic E-state index is 3.63.